The Hall–Kier alpha value is -2.11. The largest absolute Gasteiger partial charge is 0.481 e. The van der Waals surface area contributed by atoms with Gasteiger partial charge in [-0.15, -0.1) is 11.3 Å². The van der Waals surface area contributed by atoms with Crippen molar-refractivity contribution in [2.45, 2.75) is 0 Å². The van der Waals surface area contributed by atoms with E-state index in [1.165, 1.54) is 24.5 Å². The van der Waals surface area contributed by atoms with Crippen LogP contribution in [0.2, 0.25) is 4.34 Å². The molecule has 6 heteroatoms. The maximum atomic E-state index is 11.2. The number of carboxylic acids is 1. The van der Waals surface area contributed by atoms with Crippen LogP contribution in [0.25, 0.3) is 5.57 Å². The highest BCUT2D eigenvalue weighted by atomic mass is 35.5. The maximum Gasteiger partial charge on any atom is 0.328 e. The molecular weight excluding hydrogens is 310 g/mol. The van der Waals surface area contributed by atoms with Gasteiger partial charge in [0.25, 0.3) is 0 Å². The summed E-state index contributed by atoms with van der Waals surface area (Å²) in [6.45, 7) is 0. The van der Waals surface area contributed by atoms with E-state index in [0.29, 0.717) is 27.1 Å². The minimum atomic E-state index is -1.02. The fraction of sp³-hybridized carbons (Fsp3) is 0.0667. The Morgan fingerprint density at radius 2 is 2.14 bits per heavy atom. The number of nitrogens with zero attached hydrogens (tertiary/aromatic N) is 1. The number of thiophene rings is 1. The normalized spacial score (nSPS) is 15.0. The first-order chi connectivity index (χ1) is 10.1. The van der Waals surface area contributed by atoms with Gasteiger partial charge in [0.1, 0.15) is 0 Å². The van der Waals surface area contributed by atoms with Crippen LogP contribution >= 0.6 is 22.9 Å². The highest BCUT2D eigenvalue weighted by Crippen LogP contribution is 2.42. The molecule has 0 aliphatic carbocycles. The Morgan fingerprint density at radius 3 is 2.86 bits per heavy atom. The van der Waals surface area contributed by atoms with Crippen LogP contribution in [0.3, 0.4) is 0 Å². The fourth-order valence-electron chi connectivity index (χ4n) is 2.23. The predicted octanol–water partition coefficient (Wildman–Crippen LogP) is 3.96. The summed E-state index contributed by atoms with van der Waals surface area (Å²) >= 11 is 7.40. The molecule has 0 atom stereocenters. The molecule has 3 rings (SSSR count). The van der Waals surface area contributed by atoms with E-state index in [9.17, 15) is 4.79 Å². The zero-order valence-corrected chi connectivity index (χ0v) is 12.5. The molecule has 0 fully saturated rings. The Bertz CT molecular complexity index is 792. The minimum Gasteiger partial charge on any atom is -0.481 e. The summed E-state index contributed by atoms with van der Waals surface area (Å²) in [6.07, 6.45) is 1.18. The van der Waals surface area contributed by atoms with Gasteiger partial charge in [-0.3, -0.25) is 0 Å². The third-order valence-electron chi connectivity index (χ3n) is 3.05. The van der Waals surface area contributed by atoms with Crippen molar-refractivity contribution in [3.63, 3.8) is 0 Å². The van der Waals surface area contributed by atoms with Crippen LogP contribution in [-0.4, -0.2) is 24.1 Å². The SMILES string of the molecule is COC1=Nc2ccccc2/C(=C/C(=O)O)c2sc(Cl)cc21. The number of hydrogen-bond acceptors (Lipinski definition) is 4. The average molecular weight is 320 g/mol. The highest BCUT2D eigenvalue weighted by Gasteiger charge is 2.24. The van der Waals surface area contributed by atoms with Crippen LogP contribution in [0.4, 0.5) is 5.69 Å². The molecular formula is C15H10ClNO3S. The molecule has 0 saturated heterocycles. The molecule has 4 nitrogen and oxygen atoms in total. The number of methoxy groups -OCH3 is 1. The molecule has 1 aromatic carbocycles. The third-order valence-corrected chi connectivity index (χ3v) is 4.35. The number of aliphatic carboxylic acids is 1. The second-order valence-electron chi connectivity index (χ2n) is 4.33. The first-order valence-corrected chi connectivity index (χ1v) is 7.26. The molecule has 1 aliphatic heterocycles. The van der Waals surface area contributed by atoms with Gasteiger partial charge in [-0.2, -0.15) is 0 Å². The monoisotopic (exact) mass is 319 g/mol. The molecule has 0 amide bonds. The number of hydrogen-bond donors (Lipinski definition) is 1. The summed E-state index contributed by atoms with van der Waals surface area (Å²) in [5.41, 5.74) is 2.70. The first-order valence-electron chi connectivity index (χ1n) is 6.07. The van der Waals surface area contributed by atoms with Gasteiger partial charge in [-0.05, 0) is 12.1 Å². The van der Waals surface area contributed by atoms with Gasteiger partial charge >= 0.3 is 5.97 Å². The number of ether oxygens (including phenoxy) is 1. The summed E-state index contributed by atoms with van der Waals surface area (Å²) in [5, 5.41) is 9.17. The smallest absolute Gasteiger partial charge is 0.328 e. The average Bonchev–Trinajstić information content (AvgIpc) is 2.79. The topological polar surface area (TPSA) is 58.9 Å². The van der Waals surface area contributed by atoms with Crippen molar-refractivity contribution >= 4 is 46.1 Å². The second-order valence-corrected chi connectivity index (χ2v) is 6.01. The van der Waals surface area contributed by atoms with Crippen molar-refractivity contribution in [2.75, 3.05) is 7.11 Å². The quantitative estimate of drug-likeness (QED) is 0.809. The summed E-state index contributed by atoms with van der Waals surface area (Å²) in [7, 11) is 1.53. The summed E-state index contributed by atoms with van der Waals surface area (Å²) < 4.78 is 5.90. The molecule has 2 heterocycles. The lowest BCUT2D eigenvalue weighted by Crippen LogP contribution is -2.03. The van der Waals surface area contributed by atoms with Crippen LogP contribution in [-0.2, 0) is 9.53 Å². The van der Waals surface area contributed by atoms with Gasteiger partial charge in [-0.1, -0.05) is 29.8 Å². The summed E-state index contributed by atoms with van der Waals surface area (Å²) in [4.78, 5) is 16.4. The lowest BCUT2D eigenvalue weighted by atomic mass is 10.0. The van der Waals surface area contributed by atoms with E-state index >= 15 is 0 Å². The van der Waals surface area contributed by atoms with E-state index < -0.39 is 5.97 Å². The van der Waals surface area contributed by atoms with E-state index in [-0.39, 0.29) is 0 Å². The Labute approximate surface area is 130 Å². The zero-order chi connectivity index (χ0) is 15.0. The van der Waals surface area contributed by atoms with Crippen molar-refractivity contribution in [1.82, 2.24) is 0 Å². The maximum absolute atomic E-state index is 11.2. The van der Waals surface area contributed by atoms with Crippen LogP contribution in [0.1, 0.15) is 16.0 Å². The molecule has 106 valence electrons. The van der Waals surface area contributed by atoms with E-state index in [2.05, 4.69) is 4.99 Å². The predicted molar refractivity (Wildman–Crippen MR) is 83.7 cm³/mol. The van der Waals surface area contributed by atoms with Crippen LogP contribution in [0.5, 0.6) is 0 Å². The van der Waals surface area contributed by atoms with E-state index in [1.807, 2.05) is 24.3 Å². The number of rotatable bonds is 1. The minimum absolute atomic E-state index is 0.425. The molecule has 0 spiro atoms. The second kappa shape index (κ2) is 5.35. The number of carbonyl (C=O) groups is 1. The van der Waals surface area contributed by atoms with Crippen molar-refractivity contribution in [1.29, 1.82) is 0 Å². The lowest BCUT2D eigenvalue weighted by Gasteiger charge is -2.06. The Morgan fingerprint density at radius 1 is 1.38 bits per heavy atom. The molecule has 21 heavy (non-hydrogen) atoms. The van der Waals surface area contributed by atoms with Crippen molar-refractivity contribution in [3.05, 3.63) is 56.7 Å². The van der Waals surface area contributed by atoms with Crippen molar-refractivity contribution in [3.8, 4) is 0 Å². The van der Waals surface area contributed by atoms with Crippen molar-refractivity contribution in [2.24, 2.45) is 4.99 Å². The van der Waals surface area contributed by atoms with Gasteiger partial charge in [-0.25, -0.2) is 9.79 Å². The molecule has 0 saturated carbocycles. The molecule has 0 radical (unpaired) electrons. The third kappa shape index (κ3) is 2.46. The summed E-state index contributed by atoms with van der Waals surface area (Å²) in [6, 6.07) is 9.09. The first kappa shape index (κ1) is 13.9. The van der Waals surface area contributed by atoms with Crippen molar-refractivity contribution < 1.29 is 14.6 Å². The Kier molecular flexibility index (Phi) is 3.53. The summed E-state index contributed by atoms with van der Waals surface area (Å²) in [5.74, 6) is -0.592. The Balaban J connectivity index is 2.37. The number of benzene rings is 1. The fourth-order valence-corrected chi connectivity index (χ4v) is 3.48. The van der Waals surface area contributed by atoms with Gasteiger partial charge in [0.2, 0.25) is 5.90 Å². The molecule has 0 unspecified atom stereocenters. The standard InChI is InChI=1S/C15H10ClNO3S/c1-20-15-10-6-12(16)21-14(10)9(7-13(18)19)8-4-2-3-5-11(8)17-15/h2-7H,1H3,(H,18,19)/b9-7-. The number of aliphatic imine (C=N–C) groups is 1. The lowest BCUT2D eigenvalue weighted by molar-refractivity contribution is -0.131. The van der Waals surface area contributed by atoms with Crippen LogP contribution in [0.15, 0.2) is 41.4 Å². The molecule has 1 aliphatic rings. The molecule has 1 N–H and O–H groups in total. The molecule has 0 bridgehead atoms. The van der Waals surface area contributed by atoms with Gasteiger partial charge < -0.3 is 9.84 Å². The van der Waals surface area contributed by atoms with Crippen LogP contribution < -0.4 is 0 Å². The van der Waals surface area contributed by atoms with Gasteiger partial charge in [0.05, 0.1) is 22.7 Å². The number of fused-ring (bicyclic) bond motifs is 2. The van der Waals surface area contributed by atoms with E-state index in [4.69, 9.17) is 21.4 Å². The molecule has 2 aromatic rings. The molecule has 1 aromatic heterocycles. The van der Waals surface area contributed by atoms with Crippen LogP contribution in [0, 0.1) is 0 Å². The number of carboxylic acid groups (broad SMARTS) is 1. The van der Waals surface area contributed by atoms with E-state index in [1.54, 1.807) is 6.07 Å². The highest BCUT2D eigenvalue weighted by molar-refractivity contribution is 7.17. The number of halogens is 1. The van der Waals surface area contributed by atoms with Gasteiger partial charge in [0.15, 0.2) is 0 Å². The zero-order valence-electron chi connectivity index (χ0n) is 11.0. The number of para-hydroxylation sites is 1. The van der Waals surface area contributed by atoms with E-state index in [0.717, 1.165) is 10.4 Å². The van der Waals surface area contributed by atoms with Gasteiger partial charge in [0, 0.05) is 22.1 Å².